The van der Waals surface area contributed by atoms with Gasteiger partial charge in [-0.1, -0.05) is 12.1 Å². The van der Waals surface area contributed by atoms with Crippen LogP contribution in [0.5, 0.6) is 5.75 Å². The summed E-state index contributed by atoms with van der Waals surface area (Å²) in [5, 5.41) is 20.7. The summed E-state index contributed by atoms with van der Waals surface area (Å²) < 4.78 is 2.04. The van der Waals surface area contributed by atoms with E-state index in [0.717, 1.165) is 31.8 Å². The fourth-order valence-corrected chi connectivity index (χ4v) is 2.09. The van der Waals surface area contributed by atoms with E-state index in [4.69, 9.17) is 0 Å². The van der Waals surface area contributed by atoms with E-state index < -0.39 is 0 Å². The van der Waals surface area contributed by atoms with Gasteiger partial charge in [-0.05, 0) is 44.4 Å². The minimum atomic E-state index is 0.318. The summed E-state index contributed by atoms with van der Waals surface area (Å²) in [6.45, 7) is 5.89. The average Bonchev–Trinajstić information content (AvgIpc) is 2.92. The minimum Gasteiger partial charge on any atom is -0.508 e. The van der Waals surface area contributed by atoms with Crippen LogP contribution in [0.15, 0.2) is 30.6 Å². The van der Waals surface area contributed by atoms with Gasteiger partial charge in [0, 0.05) is 12.6 Å². The molecular weight excluding hydrogens is 252 g/mol. The molecule has 0 spiro atoms. The van der Waals surface area contributed by atoms with E-state index in [9.17, 15) is 5.11 Å². The zero-order valence-corrected chi connectivity index (χ0v) is 12.1. The predicted octanol–water partition coefficient (Wildman–Crippen LogP) is 2.11. The molecule has 1 aromatic heterocycles. The third kappa shape index (κ3) is 4.06. The number of hydrogen-bond donors (Lipinski definition) is 2. The summed E-state index contributed by atoms with van der Waals surface area (Å²) in [6.07, 6.45) is 3.80. The Morgan fingerprint density at radius 2 is 2.05 bits per heavy atom. The zero-order chi connectivity index (χ0) is 14.4. The summed E-state index contributed by atoms with van der Waals surface area (Å²) >= 11 is 0. The molecule has 2 aromatic rings. The van der Waals surface area contributed by atoms with Gasteiger partial charge < -0.3 is 15.0 Å². The lowest BCUT2D eigenvalue weighted by Gasteiger charge is -2.13. The molecule has 0 saturated heterocycles. The molecule has 108 valence electrons. The number of aromatic hydroxyl groups is 1. The highest BCUT2D eigenvalue weighted by Crippen LogP contribution is 2.12. The third-order valence-corrected chi connectivity index (χ3v) is 3.45. The van der Waals surface area contributed by atoms with Crippen molar-refractivity contribution in [1.29, 1.82) is 0 Å². The SMILES string of the molecule is CCn1cnnc1CNC(C)CCc1ccc(O)cc1. The Kier molecular flexibility index (Phi) is 5.12. The van der Waals surface area contributed by atoms with E-state index in [1.165, 1.54) is 5.56 Å². The van der Waals surface area contributed by atoms with Gasteiger partial charge in [0.05, 0.1) is 6.54 Å². The molecule has 1 atom stereocenters. The second-order valence-corrected chi connectivity index (χ2v) is 5.02. The molecule has 1 aromatic carbocycles. The van der Waals surface area contributed by atoms with Gasteiger partial charge >= 0.3 is 0 Å². The van der Waals surface area contributed by atoms with Crippen molar-refractivity contribution in [3.8, 4) is 5.75 Å². The largest absolute Gasteiger partial charge is 0.508 e. The fraction of sp³-hybridized carbons (Fsp3) is 0.467. The van der Waals surface area contributed by atoms with Crippen molar-refractivity contribution in [2.45, 2.75) is 45.8 Å². The maximum atomic E-state index is 9.25. The number of hydrogen-bond acceptors (Lipinski definition) is 4. The van der Waals surface area contributed by atoms with Gasteiger partial charge in [-0.2, -0.15) is 0 Å². The topological polar surface area (TPSA) is 63.0 Å². The van der Waals surface area contributed by atoms with E-state index >= 15 is 0 Å². The number of phenolic OH excluding ortho intramolecular Hbond substituents is 1. The molecule has 0 saturated carbocycles. The van der Waals surface area contributed by atoms with Crippen molar-refractivity contribution in [3.63, 3.8) is 0 Å². The van der Waals surface area contributed by atoms with Crippen LogP contribution in [0.2, 0.25) is 0 Å². The average molecular weight is 274 g/mol. The van der Waals surface area contributed by atoms with Crippen molar-refractivity contribution < 1.29 is 5.11 Å². The van der Waals surface area contributed by atoms with Crippen LogP contribution < -0.4 is 5.32 Å². The van der Waals surface area contributed by atoms with Crippen molar-refractivity contribution in [1.82, 2.24) is 20.1 Å². The first-order valence-corrected chi connectivity index (χ1v) is 7.07. The molecule has 5 heteroatoms. The van der Waals surface area contributed by atoms with Crippen LogP contribution in [-0.2, 0) is 19.5 Å². The van der Waals surface area contributed by atoms with Crippen LogP contribution in [0.25, 0.3) is 0 Å². The first kappa shape index (κ1) is 14.5. The molecule has 0 aliphatic heterocycles. The summed E-state index contributed by atoms with van der Waals surface area (Å²) in [6, 6.07) is 7.81. The Bertz CT molecular complexity index is 521. The van der Waals surface area contributed by atoms with Crippen molar-refractivity contribution in [2.24, 2.45) is 0 Å². The standard InChI is InChI=1S/C15H22N4O/c1-3-19-11-17-18-15(19)10-16-12(2)4-5-13-6-8-14(20)9-7-13/h6-9,11-12,16,20H,3-5,10H2,1-2H3. The monoisotopic (exact) mass is 274 g/mol. The number of nitrogens with one attached hydrogen (secondary N) is 1. The predicted molar refractivity (Wildman–Crippen MR) is 78.4 cm³/mol. The van der Waals surface area contributed by atoms with Crippen molar-refractivity contribution in [2.75, 3.05) is 0 Å². The van der Waals surface area contributed by atoms with E-state index in [2.05, 4.69) is 29.4 Å². The van der Waals surface area contributed by atoms with E-state index in [1.54, 1.807) is 18.5 Å². The van der Waals surface area contributed by atoms with Crippen LogP contribution >= 0.6 is 0 Å². The Balaban J connectivity index is 1.75. The molecule has 0 radical (unpaired) electrons. The molecule has 1 heterocycles. The Labute approximate surface area is 119 Å². The molecule has 0 aliphatic rings. The molecule has 0 aliphatic carbocycles. The van der Waals surface area contributed by atoms with Crippen molar-refractivity contribution in [3.05, 3.63) is 42.0 Å². The second-order valence-electron chi connectivity index (χ2n) is 5.02. The number of phenols is 1. The molecule has 0 fully saturated rings. The van der Waals surface area contributed by atoms with E-state index in [0.29, 0.717) is 11.8 Å². The van der Waals surface area contributed by atoms with Gasteiger partial charge in [0.25, 0.3) is 0 Å². The molecular formula is C15H22N4O. The molecule has 20 heavy (non-hydrogen) atoms. The number of aryl methyl sites for hydroxylation is 2. The maximum Gasteiger partial charge on any atom is 0.146 e. The van der Waals surface area contributed by atoms with Crippen LogP contribution in [0.1, 0.15) is 31.7 Å². The van der Waals surface area contributed by atoms with Crippen LogP contribution in [0.4, 0.5) is 0 Å². The lowest BCUT2D eigenvalue weighted by atomic mass is 10.1. The molecule has 2 N–H and O–H groups in total. The Morgan fingerprint density at radius 3 is 2.75 bits per heavy atom. The smallest absolute Gasteiger partial charge is 0.146 e. The number of rotatable bonds is 7. The van der Waals surface area contributed by atoms with Gasteiger partial charge in [-0.25, -0.2) is 0 Å². The summed E-state index contributed by atoms with van der Waals surface area (Å²) in [7, 11) is 0. The van der Waals surface area contributed by atoms with Gasteiger partial charge in [0.15, 0.2) is 0 Å². The molecule has 0 amide bonds. The summed E-state index contributed by atoms with van der Waals surface area (Å²) in [4.78, 5) is 0. The van der Waals surface area contributed by atoms with Gasteiger partial charge in [0.2, 0.25) is 0 Å². The van der Waals surface area contributed by atoms with Crippen molar-refractivity contribution >= 4 is 0 Å². The quantitative estimate of drug-likeness (QED) is 0.811. The first-order chi connectivity index (χ1) is 9.69. The fourth-order valence-electron chi connectivity index (χ4n) is 2.09. The molecule has 2 rings (SSSR count). The minimum absolute atomic E-state index is 0.318. The first-order valence-electron chi connectivity index (χ1n) is 7.07. The molecule has 5 nitrogen and oxygen atoms in total. The highest BCUT2D eigenvalue weighted by molar-refractivity contribution is 5.25. The number of aromatic nitrogens is 3. The molecule has 0 bridgehead atoms. The van der Waals surface area contributed by atoms with E-state index in [1.807, 2.05) is 16.7 Å². The van der Waals surface area contributed by atoms with Gasteiger partial charge in [0.1, 0.15) is 17.9 Å². The van der Waals surface area contributed by atoms with Crippen LogP contribution in [-0.4, -0.2) is 25.9 Å². The van der Waals surface area contributed by atoms with E-state index in [-0.39, 0.29) is 0 Å². The number of nitrogens with zero attached hydrogens (tertiary/aromatic N) is 3. The third-order valence-electron chi connectivity index (χ3n) is 3.45. The van der Waals surface area contributed by atoms with Gasteiger partial charge in [-0.15, -0.1) is 10.2 Å². The zero-order valence-electron chi connectivity index (χ0n) is 12.1. The summed E-state index contributed by atoms with van der Waals surface area (Å²) in [5.74, 6) is 1.29. The highest BCUT2D eigenvalue weighted by atomic mass is 16.3. The highest BCUT2D eigenvalue weighted by Gasteiger charge is 2.06. The second kappa shape index (κ2) is 7.05. The maximum absolute atomic E-state index is 9.25. The lowest BCUT2D eigenvalue weighted by molar-refractivity contribution is 0.474. The molecule has 1 unspecified atom stereocenters. The normalized spacial score (nSPS) is 12.5. The van der Waals surface area contributed by atoms with Gasteiger partial charge in [-0.3, -0.25) is 0 Å². The lowest BCUT2D eigenvalue weighted by Crippen LogP contribution is -2.27. The number of benzene rings is 1. The Morgan fingerprint density at radius 1 is 1.30 bits per heavy atom. The Hall–Kier alpha value is -1.88. The van der Waals surface area contributed by atoms with Crippen LogP contribution in [0, 0.1) is 0 Å². The van der Waals surface area contributed by atoms with Crippen LogP contribution in [0.3, 0.4) is 0 Å². The summed E-state index contributed by atoms with van der Waals surface area (Å²) in [5.41, 5.74) is 1.24.